The first kappa shape index (κ1) is 16.8. The van der Waals surface area contributed by atoms with Crippen molar-refractivity contribution in [2.24, 2.45) is 0 Å². The largest absolute Gasteiger partial charge is 0.493 e. The number of nitrogens with one attached hydrogen (secondary N) is 1. The average Bonchev–Trinajstić information content (AvgIpc) is 2.49. The van der Waals surface area contributed by atoms with E-state index >= 15 is 0 Å². The van der Waals surface area contributed by atoms with E-state index in [0.29, 0.717) is 17.1 Å². The van der Waals surface area contributed by atoms with Gasteiger partial charge in [-0.15, -0.1) is 5.48 Å². The molecule has 0 amide bonds. The Labute approximate surface area is 122 Å². The molecular weight excluding hydrogens is 278 g/mol. The van der Waals surface area contributed by atoms with Gasteiger partial charge in [0.2, 0.25) is 0 Å². The molecule has 116 valence electrons. The van der Waals surface area contributed by atoms with Crippen molar-refractivity contribution in [3.05, 3.63) is 23.8 Å². The summed E-state index contributed by atoms with van der Waals surface area (Å²) in [6.07, 6.45) is -0.0504. The van der Waals surface area contributed by atoms with E-state index in [1.807, 2.05) is 0 Å². The Morgan fingerprint density at radius 3 is 2.43 bits per heavy atom. The zero-order valence-corrected chi connectivity index (χ0v) is 12.2. The molecule has 0 bridgehead atoms. The molecule has 0 heterocycles. The molecule has 21 heavy (non-hydrogen) atoms. The van der Waals surface area contributed by atoms with Crippen molar-refractivity contribution in [1.82, 2.24) is 5.48 Å². The Morgan fingerprint density at radius 2 is 1.90 bits per heavy atom. The molecule has 0 saturated heterocycles. The second-order valence-electron chi connectivity index (χ2n) is 4.21. The number of hydrogen-bond donors (Lipinski definition) is 2. The zero-order chi connectivity index (χ0) is 15.8. The van der Waals surface area contributed by atoms with Gasteiger partial charge in [-0.25, -0.2) is 0 Å². The Kier molecular flexibility index (Phi) is 6.48. The van der Waals surface area contributed by atoms with Gasteiger partial charge in [-0.05, 0) is 17.7 Å². The number of aliphatic carboxylic acids is 1. The average molecular weight is 297 g/mol. The summed E-state index contributed by atoms with van der Waals surface area (Å²) in [6.45, 7) is 1.65. The van der Waals surface area contributed by atoms with Crippen molar-refractivity contribution < 1.29 is 29.0 Å². The number of carbonyl (C=O) groups is 2. The lowest BCUT2D eigenvalue weighted by molar-refractivity contribution is -0.154. The van der Waals surface area contributed by atoms with Gasteiger partial charge in [0.15, 0.2) is 11.5 Å². The number of carbonyl (C=O) groups excluding carboxylic acids is 1. The minimum Gasteiger partial charge on any atom is -0.493 e. The maximum Gasteiger partial charge on any atom is 0.324 e. The van der Waals surface area contributed by atoms with Gasteiger partial charge < -0.3 is 19.4 Å². The van der Waals surface area contributed by atoms with Gasteiger partial charge in [0, 0.05) is 6.42 Å². The number of ether oxygens (including phenoxy) is 2. The third kappa shape index (κ3) is 4.96. The number of methoxy groups -OCH3 is 2. The van der Waals surface area contributed by atoms with E-state index in [0.717, 1.165) is 0 Å². The van der Waals surface area contributed by atoms with Crippen LogP contribution >= 0.6 is 0 Å². The second kappa shape index (κ2) is 8.11. The van der Waals surface area contributed by atoms with E-state index in [2.05, 4.69) is 5.48 Å². The van der Waals surface area contributed by atoms with Crippen molar-refractivity contribution in [2.45, 2.75) is 25.8 Å². The van der Waals surface area contributed by atoms with Crippen LogP contribution in [0, 0.1) is 0 Å². The number of rotatable bonds is 8. The predicted octanol–water partition coefficient (Wildman–Crippen LogP) is 1.68. The van der Waals surface area contributed by atoms with Crippen molar-refractivity contribution in [2.75, 3.05) is 14.2 Å². The first-order valence-corrected chi connectivity index (χ1v) is 6.40. The summed E-state index contributed by atoms with van der Waals surface area (Å²) in [5.74, 6) is -0.490. The fraction of sp³-hybridized carbons (Fsp3) is 0.429. The normalized spacial score (nSPS) is 11.6. The van der Waals surface area contributed by atoms with Gasteiger partial charge in [0.25, 0.3) is 0 Å². The number of hydroxylamine groups is 1. The van der Waals surface area contributed by atoms with E-state index < -0.39 is 18.0 Å². The Balaban J connectivity index is 2.96. The molecule has 0 aliphatic carbocycles. The van der Waals surface area contributed by atoms with E-state index in [9.17, 15) is 9.59 Å². The molecule has 2 N–H and O–H groups in total. The lowest BCUT2D eigenvalue weighted by Gasteiger charge is -2.18. The zero-order valence-electron chi connectivity index (χ0n) is 12.2. The molecule has 0 aromatic heterocycles. The highest BCUT2D eigenvalue weighted by atomic mass is 16.7. The van der Waals surface area contributed by atoms with Gasteiger partial charge in [0.05, 0.1) is 26.7 Å². The van der Waals surface area contributed by atoms with Crippen molar-refractivity contribution >= 4 is 11.9 Å². The second-order valence-corrected chi connectivity index (χ2v) is 4.21. The van der Waals surface area contributed by atoms with Crippen LogP contribution in [0.4, 0.5) is 0 Å². The summed E-state index contributed by atoms with van der Waals surface area (Å²) in [5, 5.41) is 8.96. The Morgan fingerprint density at radius 1 is 1.24 bits per heavy atom. The fourth-order valence-corrected chi connectivity index (χ4v) is 1.68. The number of hydrogen-bond acceptors (Lipinski definition) is 6. The van der Waals surface area contributed by atoms with Crippen LogP contribution in [0.15, 0.2) is 18.2 Å². The maximum absolute atomic E-state index is 11.2. The number of carboxylic acid groups (broad SMARTS) is 1. The molecule has 0 spiro atoms. The number of carboxylic acids is 1. The SMILES string of the molecule is CCC(=O)ONC(CC(=O)O)c1ccc(OC)c(OC)c1. The number of benzene rings is 1. The molecule has 7 nitrogen and oxygen atoms in total. The van der Waals surface area contributed by atoms with Crippen molar-refractivity contribution in [1.29, 1.82) is 0 Å². The predicted molar refractivity (Wildman–Crippen MR) is 74.1 cm³/mol. The van der Waals surface area contributed by atoms with Gasteiger partial charge >= 0.3 is 11.9 Å². The molecule has 0 aliphatic heterocycles. The molecule has 0 fully saturated rings. The maximum atomic E-state index is 11.2. The molecule has 1 atom stereocenters. The topological polar surface area (TPSA) is 94.1 Å². The van der Waals surface area contributed by atoms with Crippen LogP contribution in [0.5, 0.6) is 11.5 Å². The van der Waals surface area contributed by atoms with Crippen LogP contribution in [0.2, 0.25) is 0 Å². The van der Waals surface area contributed by atoms with E-state index in [-0.39, 0.29) is 12.8 Å². The minimum absolute atomic E-state index is 0.193. The molecule has 7 heteroatoms. The van der Waals surface area contributed by atoms with E-state index in [4.69, 9.17) is 19.4 Å². The Hall–Kier alpha value is -2.28. The van der Waals surface area contributed by atoms with Crippen LogP contribution < -0.4 is 15.0 Å². The van der Waals surface area contributed by atoms with Gasteiger partial charge in [0.1, 0.15) is 0 Å². The van der Waals surface area contributed by atoms with Gasteiger partial charge in [-0.2, -0.15) is 0 Å². The van der Waals surface area contributed by atoms with E-state index in [1.54, 1.807) is 25.1 Å². The van der Waals surface area contributed by atoms with Crippen molar-refractivity contribution in [3.63, 3.8) is 0 Å². The van der Waals surface area contributed by atoms with Crippen LogP contribution in [-0.2, 0) is 14.4 Å². The van der Waals surface area contributed by atoms with Crippen LogP contribution in [0.1, 0.15) is 31.4 Å². The Bertz CT molecular complexity index is 502. The summed E-state index contributed by atoms with van der Waals surface area (Å²) >= 11 is 0. The summed E-state index contributed by atoms with van der Waals surface area (Å²) in [4.78, 5) is 26.9. The van der Waals surface area contributed by atoms with Crippen LogP contribution in [-0.4, -0.2) is 31.3 Å². The summed E-state index contributed by atoms with van der Waals surface area (Å²) in [5.41, 5.74) is 3.09. The first-order chi connectivity index (χ1) is 10.0. The summed E-state index contributed by atoms with van der Waals surface area (Å²) in [7, 11) is 2.99. The van der Waals surface area contributed by atoms with Crippen LogP contribution in [0.3, 0.4) is 0 Å². The van der Waals surface area contributed by atoms with Gasteiger partial charge in [-0.1, -0.05) is 13.0 Å². The summed E-state index contributed by atoms with van der Waals surface area (Å²) in [6, 6.07) is 4.30. The molecule has 0 radical (unpaired) electrons. The lowest BCUT2D eigenvalue weighted by Crippen LogP contribution is -2.27. The van der Waals surface area contributed by atoms with Crippen molar-refractivity contribution in [3.8, 4) is 11.5 Å². The highest BCUT2D eigenvalue weighted by molar-refractivity contribution is 5.69. The molecule has 0 saturated carbocycles. The standard InChI is InChI=1S/C14H19NO6/c1-4-14(18)21-15-10(8-13(16)17)9-5-6-11(19-2)12(7-9)20-3/h5-7,10,15H,4,8H2,1-3H3,(H,16,17). The van der Waals surface area contributed by atoms with E-state index in [1.165, 1.54) is 14.2 Å². The molecule has 1 aromatic carbocycles. The molecule has 1 rings (SSSR count). The lowest BCUT2D eigenvalue weighted by atomic mass is 10.0. The molecular formula is C14H19NO6. The minimum atomic E-state index is -1.02. The third-order valence-corrected chi connectivity index (χ3v) is 2.79. The molecule has 1 unspecified atom stereocenters. The fourth-order valence-electron chi connectivity index (χ4n) is 1.68. The summed E-state index contributed by atoms with van der Waals surface area (Å²) < 4.78 is 10.3. The smallest absolute Gasteiger partial charge is 0.324 e. The first-order valence-electron chi connectivity index (χ1n) is 6.40. The monoisotopic (exact) mass is 297 g/mol. The quantitative estimate of drug-likeness (QED) is 0.705. The highest BCUT2D eigenvalue weighted by Gasteiger charge is 2.19. The molecule has 1 aromatic rings. The molecule has 0 aliphatic rings. The van der Waals surface area contributed by atoms with Gasteiger partial charge in [-0.3, -0.25) is 9.59 Å². The highest BCUT2D eigenvalue weighted by Crippen LogP contribution is 2.30. The third-order valence-electron chi connectivity index (χ3n) is 2.79. The van der Waals surface area contributed by atoms with Crippen LogP contribution in [0.25, 0.3) is 0 Å².